The van der Waals surface area contributed by atoms with E-state index in [-0.39, 0.29) is 25.7 Å². The molecule has 3 N–H and O–H groups in total. The summed E-state index contributed by atoms with van der Waals surface area (Å²) in [5.74, 6) is -6.69. The Bertz CT molecular complexity index is 820. The lowest BCUT2D eigenvalue weighted by Crippen LogP contribution is -2.33. The first-order valence-electron chi connectivity index (χ1n) is 10.3. The molecule has 7 heteroatoms. The lowest BCUT2D eigenvalue weighted by Gasteiger charge is -2.22. The molecule has 5 atom stereocenters. The molecule has 0 unspecified atom stereocenters. The van der Waals surface area contributed by atoms with Crippen LogP contribution in [-0.2, 0) is 16.0 Å². The predicted octanol–water partition coefficient (Wildman–Crippen LogP) is 3.62. The van der Waals surface area contributed by atoms with Crippen LogP contribution in [0, 0.1) is 18.8 Å². The number of fused-ring (bicyclic) bond motifs is 1. The highest BCUT2D eigenvalue weighted by Crippen LogP contribution is 2.54. The third kappa shape index (κ3) is 5.08. The lowest BCUT2D eigenvalue weighted by atomic mass is 9.87. The number of alkyl halides is 2. The second-order valence-electron chi connectivity index (χ2n) is 8.19. The lowest BCUT2D eigenvalue weighted by molar-refractivity contribution is -0.137. The van der Waals surface area contributed by atoms with Gasteiger partial charge in [0.15, 0.2) is 5.76 Å². The molecule has 3 rings (SSSR count). The molecule has 0 bridgehead atoms. The number of rotatable bonds is 8. The third-order valence-corrected chi connectivity index (χ3v) is 5.77. The molecule has 1 aromatic carbocycles. The molecule has 1 saturated heterocycles. The highest BCUT2D eigenvalue weighted by atomic mass is 19.3. The molecule has 30 heavy (non-hydrogen) atoms. The minimum absolute atomic E-state index is 0.0922. The fraction of sp³-hybridized carbons (Fsp3) is 0.522. The van der Waals surface area contributed by atoms with Gasteiger partial charge in [0.1, 0.15) is 6.10 Å². The quantitative estimate of drug-likeness (QED) is 0.440. The van der Waals surface area contributed by atoms with Crippen molar-refractivity contribution in [2.75, 3.05) is 0 Å². The van der Waals surface area contributed by atoms with Crippen LogP contribution in [0.3, 0.4) is 0 Å². The van der Waals surface area contributed by atoms with Crippen molar-refractivity contribution in [3.63, 3.8) is 0 Å². The number of aryl methyl sites for hydroxylation is 1. The van der Waals surface area contributed by atoms with E-state index >= 15 is 0 Å². The van der Waals surface area contributed by atoms with Gasteiger partial charge in [-0.1, -0.05) is 42.0 Å². The zero-order valence-electron chi connectivity index (χ0n) is 16.9. The maximum atomic E-state index is 15.0. The number of hydrogen-bond donors (Lipinski definition) is 3. The average Bonchev–Trinajstić information content (AvgIpc) is 3.09. The van der Waals surface area contributed by atoms with Crippen LogP contribution >= 0.6 is 0 Å². The third-order valence-electron chi connectivity index (χ3n) is 5.77. The van der Waals surface area contributed by atoms with Gasteiger partial charge in [0.2, 0.25) is 0 Å². The summed E-state index contributed by atoms with van der Waals surface area (Å²) in [5.41, 5.74) is 2.02. The molecule has 2 fully saturated rings. The minimum Gasteiger partial charge on any atom is -0.488 e. The fourth-order valence-electron chi connectivity index (χ4n) is 4.36. The zero-order valence-corrected chi connectivity index (χ0v) is 16.9. The Labute approximate surface area is 174 Å². The monoisotopic (exact) mass is 422 g/mol. The number of aliphatic carboxylic acids is 1. The molecule has 1 saturated carbocycles. The minimum atomic E-state index is -3.25. The number of ether oxygens (including phenoxy) is 1. The number of benzene rings is 1. The molecular weight excluding hydrogens is 394 g/mol. The number of aliphatic hydroxyl groups is 2. The van der Waals surface area contributed by atoms with E-state index in [1.54, 1.807) is 0 Å². The summed E-state index contributed by atoms with van der Waals surface area (Å²) in [5, 5.41) is 29.3. The molecule has 1 heterocycles. The van der Waals surface area contributed by atoms with Crippen molar-refractivity contribution in [3.05, 3.63) is 59.4 Å². The van der Waals surface area contributed by atoms with E-state index in [0.29, 0.717) is 6.42 Å². The van der Waals surface area contributed by atoms with Gasteiger partial charge in [-0.3, -0.25) is 4.79 Å². The summed E-state index contributed by atoms with van der Waals surface area (Å²) in [6.45, 7) is 1.95. The van der Waals surface area contributed by atoms with Gasteiger partial charge in [0.25, 0.3) is 0 Å². The van der Waals surface area contributed by atoms with E-state index in [4.69, 9.17) is 9.84 Å². The van der Waals surface area contributed by atoms with Crippen LogP contribution in [0.15, 0.2) is 48.3 Å². The van der Waals surface area contributed by atoms with Crippen molar-refractivity contribution in [1.29, 1.82) is 0 Å². The smallest absolute Gasteiger partial charge is 0.310 e. The van der Waals surface area contributed by atoms with Crippen LogP contribution in [0.25, 0.3) is 0 Å². The van der Waals surface area contributed by atoms with Crippen molar-refractivity contribution < 1.29 is 33.6 Å². The van der Waals surface area contributed by atoms with Gasteiger partial charge in [0.05, 0.1) is 18.1 Å². The first kappa shape index (κ1) is 22.4. The van der Waals surface area contributed by atoms with Crippen LogP contribution in [0.1, 0.15) is 36.8 Å². The Kier molecular flexibility index (Phi) is 6.93. The summed E-state index contributed by atoms with van der Waals surface area (Å²) >= 11 is 0. The van der Waals surface area contributed by atoms with E-state index in [0.717, 1.165) is 11.1 Å². The fourth-order valence-corrected chi connectivity index (χ4v) is 4.36. The number of aliphatic hydroxyl groups excluding tert-OH is 2. The maximum Gasteiger partial charge on any atom is 0.310 e. The molecule has 1 aliphatic heterocycles. The van der Waals surface area contributed by atoms with Gasteiger partial charge in [-0.25, -0.2) is 0 Å². The summed E-state index contributed by atoms with van der Waals surface area (Å²) in [6.07, 6.45) is 2.41. The largest absolute Gasteiger partial charge is 0.488 e. The van der Waals surface area contributed by atoms with Crippen molar-refractivity contribution in [2.24, 2.45) is 11.8 Å². The van der Waals surface area contributed by atoms with E-state index < -0.39 is 47.8 Å². The van der Waals surface area contributed by atoms with E-state index in [1.165, 1.54) is 18.2 Å². The highest BCUT2D eigenvalue weighted by molar-refractivity contribution is 5.66. The molecular formula is C23H28F2O5. The SMILES string of the molecule is Cc1cccc(C[C@H](O)C=C[C@@H]2[C@@H]3[C@H](C[C@H]2O)OC(=CCCCC(=O)O)C3(F)F)c1. The van der Waals surface area contributed by atoms with Crippen LogP contribution in [0.2, 0.25) is 0 Å². The number of unbranched alkanes of at least 4 members (excludes halogenated alkanes) is 1. The van der Waals surface area contributed by atoms with Gasteiger partial charge in [0, 0.05) is 25.2 Å². The molecule has 0 spiro atoms. The van der Waals surface area contributed by atoms with Crippen molar-refractivity contribution in [2.45, 2.75) is 63.3 Å². The molecule has 1 aliphatic carbocycles. The Morgan fingerprint density at radius 2 is 2.17 bits per heavy atom. The van der Waals surface area contributed by atoms with Gasteiger partial charge < -0.3 is 20.1 Å². The number of hydrogen-bond acceptors (Lipinski definition) is 4. The van der Waals surface area contributed by atoms with Crippen LogP contribution in [0.5, 0.6) is 0 Å². The molecule has 0 amide bonds. The van der Waals surface area contributed by atoms with Gasteiger partial charge in [-0.05, 0) is 31.4 Å². The number of carboxylic acid groups (broad SMARTS) is 1. The van der Waals surface area contributed by atoms with Crippen molar-refractivity contribution >= 4 is 5.97 Å². The predicted molar refractivity (Wildman–Crippen MR) is 107 cm³/mol. The maximum absolute atomic E-state index is 15.0. The zero-order chi connectivity index (χ0) is 21.9. The second-order valence-corrected chi connectivity index (χ2v) is 8.19. The number of carbonyl (C=O) groups is 1. The number of allylic oxidation sites excluding steroid dienone is 2. The summed E-state index contributed by atoms with van der Waals surface area (Å²) in [7, 11) is 0. The van der Waals surface area contributed by atoms with E-state index in [9.17, 15) is 23.8 Å². The van der Waals surface area contributed by atoms with Crippen molar-refractivity contribution in [3.8, 4) is 0 Å². The molecule has 0 aromatic heterocycles. The van der Waals surface area contributed by atoms with Crippen LogP contribution < -0.4 is 0 Å². The molecule has 164 valence electrons. The summed E-state index contributed by atoms with van der Waals surface area (Å²) in [6, 6.07) is 7.70. The Morgan fingerprint density at radius 1 is 1.40 bits per heavy atom. The van der Waals surface area contributed by atoms with Crippen LogP contribution in [0.4, 0.5) is 8.78 Å². The molecule has 5 nitrogen and oxygen atoms in total. The van der Waals surface area contributed by atoms with E-state index in [2.05, 4.69) is 0 Å². The van der Waals surface area contributed by atoms with Gasteiger partial charge in [-0.15, -0.1) is 0 Å². The Hall–Kier alpha value is -2.25. The second kappa shape index (κ2) is 9.27. The first-order chi connectivity index (χ1) is 14.2. The molecule has 2 aliphatic rings. The normalized spacial score (nSPS) is 29.8. The topological polar surface area (TPSA) is 87.0 Å². The van der Waals surface area contributed by atoms with E-state index in [1.807, 2.05) is 31.2 Å². The number of carboxylic acids is 1. The average molecular weight is 422 g/mol. The van der Waals surface area contributed by atoms with Crippen LogP contribution in [-0.4, -0.2) is 45.5 Å². The first-order valence-corrected chi connectivity index (χ1v) is 10.3. The van der Waals surface area contributed by atoms with Gasteiger partial charge >= 0.3 is 11.9 Å². The standard InChI is InChI=1S/C23H28F2O5/c1-14-5-4-6-15(11-14)12-16(26)9-10-17-18(27)13-19-22(17)23(24,25)20(30-19)7-2-3-8-21(28)29/h4-7,9-11,16-19,22,26-27H,2-3,8,12-13H2,1H3,(H,28,29)/t16-,17+,18-,19+,22-/m1/s1. The Balaban J connectivity index is 1.66. The Morgan fingerprint density at radius 3 is 2.87 bits per heavy atom. The number of halogens is 2. The molecule has 0 radical (unpaired) electrons. The van der Waals surface area contributed by atoms with Crippen molar-refractivity contribution in [1.82, 2.24) is 0 Å². The highest BCUT2D eigenvalue weighted by Gasteiger charge is 2.63. The molecule has 1 aromatic rings. The summed E-state index contributed by atoms with van der Waals surface area (Å²) in [4.78, 5) is 10.6. The van der Waals surface area contributed by atoms with Gasteiger partial charge in [-0.2, -0.15) is 8.78 Å². The summed E-state index contributed by atoms with van der Waals surface area (Å²) < 4.78 is 35.4.